The van der Waals surface area contributed by atoms with Crippen LogP contribution in [0.15, 0.2) is 36.5 Å². The second kappa shape index (κ2) is 9.95. The molecule has 0 radical (unpaired) electrons. The summed E-state index contributed by atoms with van der Waals surface area (Å²) in [6.45, 7) is 6.76. The lowest BCUT2D eigenvalue weighted by Gasteiger charge is -2.33. The van der Waals surface area contributed by atoms with Gasteiger partial charge in [-0.1, -0.05) is 23.7 Å². The molecular formula is C21H28ClN5O3S. The number of carbonyl (C=O) groups is 1. The van der Waals surface area contributed by atoms with E-state index in [1.165, 1.54) is 4.90 Å². The molecule has 2 amide bonds. The van der Waals surface area contributed by atoms with E-state index >= 15 is 0 Å². The van der Waals surface area contributed by atoms with Gasteiger partial charge in [-0.05, 0) is 43.2 Å². The summed E-state index contributed by atoms with van der Waals surface area (Å²) < 4.78 is 25.6. The summed E-state index contributed by atoms with van der Waals surface area (Å²) in [4.78, 5) is 19.9. The van der Waals surface area contributed by atoms with Gasteiger partial charge in [0, 0.05) is 43.4 Å². The Kier molecular flexibility index (Phi) is 7.53. The highest BCUT2D eigenvalue weighted by Gasteiger charge is 2.25. The second-order valence-electron chi connectivity index (χ2n) is 7.58. The first-order chi connectivity index (χ1) is 14.7. The highest BCUT2D eigenvalue weighted by atomic mass is 35.5. The van der Waals surface area contributed by atoms with Crippen LogP contribution in [0, 0.1) is 6.92 Å². The molecule has 0 saturated carbocycles. The molecule has 0 bridgehead atoms. The average Bonchev–Trinajstić information content (AvgIpc) is 2.75. The van der Waals surface area contributed by atoms with Crippen molar-refractivity contribution in [1.29, 1.82) is 0 Å². The van der Waals surface area contributed by atoms with Crippen LogP contribution in [-0.2, 0) is 23.1 Å². The van der Waals surface area contributed by atoms with Gasteiger partial charge in [0.2, 0.25) is 10.0 Å². The minimum Gasteiger partial charge on any atom is -0.351 e. The summed E-state index contributed by atoms with van der Waals surface area (Å²) in [5.41, 5.74) is 8.88. The molecule has 3 rings (SSSR count). The van der Waals surface area contributed by atoms with Crippen molar-refractivity contribution in [1.82, 2.24) is 14.2 Å². The number of hydrogen-bond donors (Lipinski definition) is 1. The normalized spacial score (nSPS) is 15.7. The monoisotopic (exact) mass is 465 g/mol. The van der Waals surface area contributed by atoms with E-state index in [2.05, 4.69) is 9.88 Å². The molecule has 1 aliphatic heterocycles. The molecule has 0 spiro atoms. The Balaban J connectivity index is 1.70. The minimum atomic E-state index is -3.15. The third-order valence-corrected chi connectivity index (χ3v) is 7.66. The summed E-state index contributed by atoms with van der Waals surface area (Å²) in [5.74, 6) is 0.125. The van der Waals surface area contributed by atoms with Crippen molar-refractivity contribution in [2.75, 3.05) is 36.8 Å². The Bertz CT molecular complexity index is 1020. The molecule has 31 heavy (non-hydrogen) atoms. The molecule has 2 aromatic rings. The standard InChI is InChI=1S/C21H28ClN5O3S/c1-3-31(29,30)26-10-8-25(9-11-26)14-17-5-7-20(22)18(12-17)15-27(21(23)28)19-6-4-16(2)24-13-19/h4-7,12-13H,3,8-11,14-15H2,1-2H3,(H2,23,28). The molecule has 1 saturated heterocycles. The number of urea groups is 1. The fraction of sp³-hybridized carbons (Fsp3) is 0.429. The number of primary amides is 1. The number of nitrogens with zero attached hydrogens (tertiary/aromatic N) is 4. The van der Waals surface area contributed by atoms with Gasteiger partial charge in [-0.15, -0.1) is 0 Å². The number of pyridine rings is 1. The van der Waals surface area contributed by atoms with Crippen LogP contribution in [0.1, 0.15) is 23.7 Å². The van der Waals surface area contributed by atoms with Crippen LogP contribution in [-0.4, -0.2) is 60.6 Å². The zero-order valence-electron chi connectivity index (χ0n) is 17.8. The summed E-state index contributed by atoms with van der Waals surface area (Å²) in [7, 11) is -3.15. The van der Waals surface area contributed by atoms with Gasteiger partial charge in [0.15, 0.2) is 0 Å². The van der Waals surface area contributed by atoms with Crippen LogP contribution in [0.2, 0.25) is 5.02 Å². The van der Waals surface area contributed by atoms with Crippen molar-refractivity contribution in [3.63, 3.8) is 0 Å². The van der Waals surface area contributed by atoms with Crippen LogP contribution in [0.25, 0.3) is 0 Å². The van der Waals surface area contributed by atoms with Gasteiger partial charge in [0.05, 0.1) is 24.2 Å². The Hall–Kier alpha value is -2.20. The highest BCUT2D eigenvalue weighted by Crippen LogP contribution is 2.24. The quantitative estimate of drug-likeness (QED) is 0.677. The number of hydrogen-bond acceptors (Lipinski definition) is 5. The molecule has 1 fully saturated rings. The lowest BCUT2D eigenvalue weighted by molar-refractivity contribution is 0.181. The number of benzene rings is 1. The molecule has 8 nitrogen and oxygen atoms in total. The number of aromatic nitrogens is 1. The van der Waals surface area contributed by atoms with E-state index in [-0.39, 0.29) is 12.3 Å². The fourth-order valence-electron chi connectivity index (χ4n) is 3.54. The van der Waals surface area contributed by atoms with Crippen LogP contribution < -0.4 is 10.6 Å². The van der Waals surface area contributed by atoms with E-state index in [1.807, 2.05) is 31.2 Å². The first-order valence-corrected chi connectivity index (χ1v) is 12.2. The van der Waals surface area contributed by atoms with Crippen molar-refractivity contribution < 1.29 is 13.2 Å². The Morgan fingerprint density at radius 3 is 2.48 bits per heavy atom. The number of sulfonamides is 1. The van der Waals surface area contributed by atoms with E-state index in [9.17, 15) is 13.2 Å². The molecule has 2 N–H and O–H groups in total. The summed E-state index contributed by atoms with van der Waals surface area (Å²) in [6.07, 6.45) is 1.61. The third-order valence-electron chi connectivity index (χ3n) is 5.41. The van der Waals surface area contributed by atoms with Crippen molar-refractivity contribution in [2.45, 2.75) is 26.9 Å². The van der Waals surface area contributed by atoms with Crippen molar-refractivity contribution in [3.05, 3.63) is 58.4 Å². The van der Waals surface area contributed by atoms with E-state index < -0.39 is 16.1 Å². The lowest BCUT2D eigenvalue weighted by atomic mass is 10.1. The summed E-state index contributed by atoms with van der Waals surface area (Å²) in [6, 6.07) is 8.77. The smallest absolute Gasteiger partial charge is 0.319 e. The molecular weight excluding hydrogens is 438 g/mol. The van der Waals surface area contributed by atoms with Gasteiger partial charge in [-0.25, -0.2) is 13.2 Å². The predicted molar refractivity (Wildman–Crippen MR) is 123 cm³/mol. The van der Waals surface area contributed by atoms with Crippen molar-refractivity contribution in [3.8, 4) is 0 Å². The zero-order chi connectivity index (χ0) is 22.6. The number of piperazine rings is 1. The molecule has 1 aromatic carbocycles. The number of aryl methyl sites for hydroxylation is 1. The largest absolute Gasteiger partial charge is 0.351 e. The van der Waals surface area contributed by atoms with Crippen molar-refractivity contribution >= 4 is 33.3 Å². The van der Waals surface area contributed by atoms with Gasteiger partial charge in [0.1, 0.15) is 0 Å². The highest BCUT2D eigenvalue weighted by molar-refractivity contribution is 7.89. The SMILES string of the molecule is CCS(=O)(=O)N1CCN(Cc2ccc(Cl)c(CN(C(N)=O)c3ccc(C)nc3)c2)CC1. The number of amides is 2. The Morgan fingerprint density at radius 2 is 1.90 bits per heavy atom. The predicted octanol–water partition coefficient (Wildman–Crippen LogP) is 2.60. The number of rotatable bonds is 7. The summed E-state index contributed by atoms with van der Waals surface area (Å²) in [5, 5.41) is 0.550. The number of halogens is 1. The molecule has 10 heteroatoms. The van der Waals surface area contributed by atoms with Crippen molar-refractivity contribution in [2.24, 2.45) is 5.73 Å². The molecule has 0 aliphatic carbocycles. The first-order valence-electron chi connectivity index (χ1n) is 10.2. The maximum Gasteiger partial charge on any atom is 0.319 e. The molecule has 0 atom stereocenters. The van der Waals surface area contributed by atoms with Crippen LogP contribution in [0.5, 0.6) is 0 Å². The van der Waals surface area contributed by atoms with Gasteiger partial charge in [-0.3, -0.25) is 14.8 Å². The lowest BCUT2D eigenvalue weighted by Crippen LogP contribution is -2.48. The summed E-state index contributed by atoms with van der Waals surface area (Å²) >= 11 is 6.40. The van der Waals surface area contributed by atoms with Gasteiger partial charge in [0.25, 0.3) is 0 Å². The van der Waals surface area contributed by atoms with E-state index in [0.717, 1.165) is 16.8 Å². The molecule has 2 heterocycles. The number of anilines is 1. The maximum absolute atomic E-state index is 12.1. The number of carbonyl (C=O) groups excluding carboxylic acids is 1. The first kappa shape index (κ1) is 23.5. The third kappa shape index (κ3) is 5.94. The molecule has 0 unspecified atom stereocenters. The fourth-order valence-corrected chi connectivity index (χ4v) is 4.80. The van der Waals surface area contributed by atoms with Gasteiger partial charge in [-0.2, -0.15) is 4.31 Å². The molecule has 168 valence electrons. The van der Waals surface area contributed by atoms with Crippen LogP contribution >= 0.6 is 11.6 Å². The van der Waals surface area contributed by atoms with Crippen LogP contribution in [0.3, 0.4) is 0 Å². The van der Waals surface area contributed by atoms with Gasteiger partial charge < -0.3 is 5.73 Å². The average molecular weight is 466 g/mol. The Labute approximate surface area is 188 Å². The van der Waals surface area contributed by atoms with E-state index in [0.29, 0.717) is 43.4 Å². The van der Waals surface area contributed by atoms with Crippen LogP contribution in [0.4, 0.5) is 10.5 Å². The Morgan fingerprint density at radius 1 is 1.19 bits per heavy atom. The van der Waals surface area contributed by atoms with E-state index in [4.69, 9.17) is 17.3 Å². The van der Waals surface area contributed by atoms with Gasteiger partial charge >= 0.3 is 6.03 Å². The topological polar surface area (TPSA) is 99.8 Å². The van der Waals surface area contributed by atoms with E-state index in [1.54, 1.807) is 23.5 Å². The second-order valence-corrected chi connectivity index (χ2v) is 10.2. The minimum absolute atomic E-state index is 0.125. The zero-order valence-corrected chi connectivity index (χ0v) is 19.4. The molecule has 1 aromatic heterocycles. The molecule has 1 aliphatic rings. The maximum atomic E-state index is 12.1. The number of nitrogens with two attached hydrogens (primary N) is 1.